The Labute approximate surface area is 199 Å². The van der Waals surface area contributed by atoms with Gasteiger partial charge in [0.25, 0.3) is 5.91 Å². The molecule has 3 aromatic rings. The van der Waals surface area contributed by atoms with E-state index in [4.69, 9.17) is 18.9 Å². The van der Waals surface area contributed by atoms with Crippen molar-refractivity contribution < 1.29 is 33.2 Å². The van der Waals surface area contributed by atoms with Crippen molar-refractivity contribution in [2.75, 3.05) is 32.2 Å². The number of amides is 1. The third-order valence-electron chi connectivity index (χ3n) is 5.70. The maximum Gasteiger partial charge on any atom is 0.263 e. The molecule has 0 aliphatic carbocycles. The minimum Gasteiger partial charge on any atom is -0.481 e. The summed E-state index contributed by atoms with van der Waals surface area (Å²) in [6, 6.07) is 6.73. The Morgan fingerprint density at radius 3 is 2.89 bits per heavy atom. The van der Waals surface area contributed by atoms with Crippen LogP contribution < -0.4 is 20.1 Å². The first-order valence-electron chi connectivity index (χ1n) is 11.1. The molecule has 0 spiro atoms. The van der Waals surface area contributed by atoms with Crippen molar-refractivity contribution in [1.82, 2.24) is 20.3 Å². The lowest BCUT2D eigenvalue weighted by Gasteiger charge is -2.32. The molecule has 5 rings (SSSR count). The molecule has 0 saturated carbocycles. The second-order valence-corrected chi connectivity index (χ2v) is 8.18. The summed E-state index contributed by atoms with van der Waals surface area (Å²) >= 11 is 0. The predicted molar refractivity (Wildman–Crippen MR) is 120 cm³/mol. The number of nitrogens with one attached hydrogen (secondary N) is 2. The van der Waals surface area contributed by atoms with Crippen LogP contribution in [0.5, 0.6) is 11.6 Å². The lowest BCUT2D eigenvalue weighted by molar-refractivity contribution is -0.230. The number of methoxy groups -OCH3 is 1. The van der Waals surface area contributed by atoms with Crippen molar-refractivity contribution >= 4 is 22.8 Å². The molecule has 3 aromatic heterocycles. The quantitative estimate of drug-likeness (QED) is 0.443. The Bertz CT molecular complexity index is 1240. The van der Waals surface area contributed by atoms with Crippen molar-refractivity contribution in [3.05, 3.63) is 47.5 Å². The van der Waals surface area contributed by atoms with Crippen LogP contribution in [0.2, 0.25) is 0 Å². The monoisotopic (exact) mass is 485 g/mol. The highest BCUT2D eigenvalue weighted by molar-refractivity contribution is 5.94. The summed E-state index contributed by atoms with van der Waals surface area (Å²) in [7, 11) is 1.47. The maximum absolute atomic E-state index is 14.6. The summed E-state index contributed by atoms with van der Waals surface area (Å²) in [4.78, 5) is 24.2. The van der Waals surface area contributed by atoms with Crippen LogP contribution in [0.15, 0.2) is 30.5 Å². The number of carbonyl (C=O) groups is 1. The van der Waals surface area contributed by atoms with Crippen molar-refractivity contribution in [2.24, 2.45) is 0 Å². The molecule has 1 fully saturated rings. The van der Waals surface area contributed by atoms with Gasteiger partial charge in [-0.15, -0.1) is 0 Å². The lowest BCUT2D eigenvalue weighted by atomic mass is 10.1. The van der Waals surface area contributed by atoms with E-state index in [0.29, 0.717) is 40.7 Å². The van der Waals surface area contributed by atoms with Gasteiger partial charge in [-0.3, -0.25) is 9.78 Å². The van der Waals surface area contributed by atoms with E-state index in [1.54, 1.807) is 24.3 Å². The summed E-state index contributed by atoms with van der Waals surface area (Å²) in [5, 5.41) is 16.6. The van der Waals surface area contributed by atoms with E-state index in [1.807, 2.05) is 0 Å². The fourth-order valence-corrected chi connectivity index (χ4v) is 3.90. The van der Waals surface area contributed by atoms with Crippen molar-refractivity contribution in [2.45, 2.75) is 31.4 Å². The highest BCUT2D eigenvalue weighted by Crippen LogP contribution is 2.26. The molecule has 11 nitrogen and oxygen atoms in total. The maximum atomic E-state index is 14.6. The Balaban J connectivity index is 1.16. The molecule has 0 bridgehead atoms. The number of fused-ring (bicyclic) bond motifs is 2. The minimum atomic E-state index is -1.12. The Kier molecular flexibility index (Phi) is 6.68. The molecular weight excluding hydrogens is 461 g/mol. The van der Waals surface area contributed by atoms with E-state index in [9.17, 15) is 14.3 Å². The Hall–Kier alpha value is -3.45. The number of aromatic nitrogens is 3. The third kappa shape index (κ3) is 5.15. The zero-order valence-electron chi connectivity index (χ0n) is 18.9. The molecule has 1 saturated heterocycles. The molecule has 2 aliphatic heterocycles. The van der Waals surface area contributed by atoms with Gasteiger partial charge < -0.3 is 34.7 Å². The van der Waals surface area contributed by atoms with Crippen LogP contribution in [0.4, 0.5) is 10.2 Å². The molecule has 0 radical (unpaired) electrons. The third-order valence-corrected chi connectivity index (χ3v) is 5.70. The average Bonchev–Trinajstić information content (AvgIpc) is 2.88. The number of ether oxygens (including phenoxy) is 4. The first-order chi connectivity index (χ1) is 17.0. The number of carbonyl (C=O) groups excluding carboxylic acids is 1. The fourth-order valence-electron chi connectivity index (χ4n) is 3.90. The van der Waals surface area contributed by atoms with E-state index >= 15 is 0 Å². The van der Waals surface area contributed by atoms with E-state index in [0.717, 1.165) is 6.20 Å². The standard InChI is InChI=1S/C23H24FN5O6/c1-32-20-5-3-16-21(29-20)14(15(24)8-26-16)6-17(30)23-34-9-13(10-35-23)25-7-12-2-4-18-22(27-12)28-19(31)11-33-18/h2-5,8,13,17,23,25,30H,6-7,9-11H2,1H3,(H,27,28,31)/t13?,17-,23?/m0/s1. The number of hydrogen-bond acceptors (Lipinski definition) is 10. The van der Waals surface area contributed by atoms with Crippen LogP contribution in [0.3, 0.4) is 0 Å². The van der Waals surface area contributed by atoms with Gasteiger partial charge in [0.15, 0.2) is 24.5 Å². The number of aliphatic hydroxyl groups is 1. The van der Waals surface area contributed by atoms with Gasteiger partial charge in [-0.2, -0.15) is 0 Å². The molecule has 1 atom stereocenters. The SMILES string of the molecule is COc1ccc2ncc(F)c(C[C@H](O)C3OCC(NCc4ccc5c(n4)NC(=O)CO5)CO3)c2n1. The van der Waals surface area contributed by atoms with Crippen molar-refractivity contribution in [3.63, 3.8) is 0 Å². The first-order valence-corrected chi connectivity index (χ1v) is 11.1. The summed E-state index contributed by atoms with van der Waals surface area (Å²) in [5.74, 6) is 0.419. The number of pyridine rings is 3. The summed E-state index contributed by atoms with van der Waals surface area (Å²) in [6.07, 6.45) is -1.00. The topological polar surface area (TPSA) is 137 Å². The molecule has 2 aliphatic rings. The van der Waals surface area contributed by atoms with E-state index in [2.05, 4.69) is 25.6 Å². The van der Waals surface area contributed by atoms with Gasteiger partial charge in [0.2, 0.25) is 5.88 Å². The molecular formula is C23H24FN5O6. The van der Waals surface area contributed by atoms with Gasteiger partial charge in [-0.25, -0.2) is 14.4 Å². The second-order valence-electron chi connectivity index (χ2n) is 8.18. The highest BCUT2D eigenvalue weighted by Gasteiger charge is 2.30. The number of aliphatic hydroxyl groups excluding tert-OH is 1. The van der Waals surface area contributed by atoms with Gasteiger partial charge in [-0.1, -0.05) is 0 Å². The summed E-state index contributed by atoms with van der Waals surface area (Å²) < 4.78 is 36.4. The summed E-state index contributed by atoms with van der Waals surface area (Å²) in [5.41, 5.74) is 1.73. The molecule has 5 heterocycles. The molecule has 12 heteroatoms. The van der Waals surface area contributed by atoms with E-state index in [1.165, 1.54) is 7.11 Å². The van der Waals surface area contributed by atoms with E-state index in [-0.39, 0.29) is 43.8 Å². The highest BCUT2D eigenvalue weighted by atomic mass is 19.1. The number of anilines is 1. The smallest absolute Gasteiger partial charge is 0.263 e. The van der Waals surface area contributed by atoms with Crippen molar-refractivity contribution in [3.8, 4) is 11.6 Å². The molecule has 0 aromatic carbocycles. The molecule has 0 unspecified atom stereocenters. The largest absolute Gasteiger partial charge is 0.481 e. The van der Waals surface area contributed by atoms with Crippen LogP contribution >= 0.6 is 0 Å². The van der Waals surface area contributed by atoms with Gasteiger partial charge >= 0.3 is 0 Å². The number of hydrogen-bond donors (Lipinski definition) is 3. The lowest BCUT2D eigenvalue weighted by Crippen LogP contribution is -2.48. The normalized spacial score (nSPS) is 20.6. The minimum absolute atomic E-state index is 0.0230. The molecule has 35 heavy (non-hydrogen) atoms. The van der Waals surface area contributed by atoms with Crippen LogP contribution in [0.25, 0.3) is 11.0 Å². The Morgan fingerprint density at radius 1 is 1.26 bits per heavy atom. The average molecular weight is 485 g/mol. The van der Waals surface area contributed by atoms with Crippen LogP contribution in [0.1, 0.15) is 11.3 Å². The molecule has 3 N–H and O–H groups in total. The van der Waals surface area contributed by atoms with Crippen LogP contribution in [-0.2, 0) is 27.2 Å². The zero-order chi connectivity index (χ0) is 24.4. The van der Waals surface area contributed by atoms with Gasteiger partial charge in [0, 0.05) is 24.6 Å². The van der Waals surface area contributed by atoms with Crippen molar-refractivity contribution in [1.29, 1.82) is 0 Å². The summed E-state index contributed by atoms with van der Waals surface area (Å²) in [6.45, 7) is 0.941. The Morgan fingerprint density at radius 2 is 2.09 bits per heavy atom. The number of halogens is 1. The van der Waals surface area contributed by atoms with Crippen LogP contribution in [0, 0.1) is 5.82 Å². The predicted octanol–water partition coefficient (Wildman–Crippen LogP) is 0.938. The number of rotatable bonds is 7. The zero-order valence-corrected chi connectivity index (χ0v) is 18.9. The van der Waals surface area contributed by atoms with E-state index < -0.39 is 18.2 Å². The van der Waals surface area contributed by atoms with Crippen LogP contribution in [-0.4, -0.2) is 71.3 Å². The van der Waals surface area contributed by atoms with Gasteiger partial charge in [0.05, 0.1) is 49.3 Å². The molecule has 184 valence electrons. The number of nitrogens with zero attached hydrogens (tertiary/aromatic N) is 3. The second kappa shape index (κ2) is 10.0. The van der Waals surface area contributed by atoms with Gasteiger partial charge in [0.1, 0.15) is 11.9 Å². The molecule has 1 amide bonds. The van der Waals surface area contributed by atoms with Gasteiger partial charge in [-0.05, 0) is 18.2 Å². The fraction of sp³-hybridized carbons (Fsp3) is 0.391. The first kappa shape index (κ1) is 23.3.